The van der Waals surface area contributed by atoms with Crippen LogP contribution < -0.4 is 4.74 Å². The average molecular weight is 283 g/mol. The smallest absolute Gasteiger partial charge is 0.226 e. The molecule has 0 saturated heterocycles. The molecule has 1 aliphatic rings. The second kappa shape index (κ2) is 7.54. The Balaban J connectivity index is 1.76. The first kappa shape index (κ1) is 15.2. The maximum Gasteiger partial charge on any atom is 0.226 e. The normalized spacial score (nSPS) is 14.3. The molecule has 1 heterocycles. The summed E-state index contributed by atoms with van der Waals surface area (Å²) in [6.07, 6.45) is 6.45. The maximum absolute atomic E-state index is 11.4. The lowest BCUT2D eigenvalue weighted by molar-refractivity contribution is -0.128. The van der Waals surface area contributed by atoms with Crippen molar-refractivity contribution in [2.24, 2.45) is 0 Å². The zero-order valence-electron chi connectivity index (χ0n) is 12.7. The molecule has 21 heavy (non-hydrogen) atoms. The Morgan fingerprint density at radius 3 is 2.67 bits per heavy atom. The van der Waals surface area contributed by atoms with Gasteiger partial charge in [0.2, 0.25) is 5.91 Å². The third-order valence-corrected chi connectivity index (χ3v) is 3.55. The highest BCUT2D eigenvalue weighted by molar-refractivity contribution is 5.78. The molecule has 0 fully saturated rings. The second-order valence-corrected chi connectivity index (χ2v) is 5.18. The van der Waals surface area contributed by atoms with Crippen molar-refractivity contribution in [2.75, 3.05) is 14.2 Å². The van der Waals surface area contributed by atoms with Gasteiger partial charge in [0.15, 0.2) is 0 Å². The molecular formula is C18H21NO2. The van der Waals surface area contributed by atoms with Gasteiger partial charge in [-0.05, 0) is 43.5 Å². The molecule has 1 aliphatic heterocycles. The summed E-state index contributed by atoms with van der Waals surface area (Å²) in [4.78, 5) is 13.1. The number of benzene rings is 1. The largest absolute Gasteiger partial charge is 0.497 e. The third kappa shape index (κ3) is 4.68. The molecule has 110 valence electrons. The monoisotopic (exact) mass is 283 g/mol. The molecule has 0 saturated carbocycles. The van der Waals surface area contributed by atoms with Crippen LogP contribution in [0.5, 0.6) is 5.75 Å². The number of nitrogens with zero attached hydrogens (tertiary/aromatic N) is 1. The zero-order chi connectivity index (χ0) is 15.1. The van der Waals surface area contributed by atoms with E-state index in [2.05, 4.69) is 11.8 Å². The van der Waals surface area contributed by atoms with Crippen LogP contribution in [0.1, 0.15) is 37.7 Å². The van der Waals surface area contributed by atoms with Crippen molar-refractivity contribution in [3.05, 3.63) is 41.6 Å². The number of carbonyl (C=O) groups is 1. The molecule has 3 heteroatoms. The summed E-state index contributed by atoms with van der Waals surface area (Å²) in [7, 11) is 3.48. The molecule has 0 N–H and O–H groups in total. The van der Waals surface area contributed by atoms with Crippen molar-refractivity contribution in [3.63, 3.8) is 0 Å². The number of rotatable bonds is 4. The van der Waals surface area contributed by atoms with E-state index in [4.69, 9.17) is 4.74 Å². The van der Waals surface area contributed by atoms with Crippen LogP contribution in [0.3, 0.4) is 0 Å². The van der Waals surface area contributed by atoms with E-state index in [-0.39, 0.29) is 5.91 Å². The van der Waals surface area contributed by atoms with E-state index in [1.54, 1.807) is 12.0 Å². The fourth-order valence-electron chi connectivity index (χ4n) is 2.29. The molecule has 3 nitrogen and oxygen atoms in total. The molecule has 1 aromatic carbocycles. The lowest BCUT2D eigenvalue weighted by Gasteiger charge is -2.20. The first-order valence-electron chi connectivity index (χ1n) is 7.27. The summed E-state index contributed by atoms with van der Waals surface area (Å²) >= 11 is 0. The predicted molar refractivity (Wildman–Crippen MR) is 83.8 cm³/mol. The first-order chi connectivity index (χ1) is 10.2. The van der Waals surface area contributed by atoms with E-state index >= 15 is 0 Å². The van der Waals surface area contributed by atoms with Gasteiger partial charge in [-0.3, -0.25) is 4.79 Å². The molecule has 2 rings (SSSR count). The third-order valence-electron chi connectivity index (χ3n) is 3.55. The van der Waals surface area contributed by atoms with Gasteiger partial charge in [0, 0.05) is 31.7 Å². The molecule has 0 radical (unpaired) electrons. The van der Waals surface area contributed by atoms with Crippen LogP contribution in [0.2, 0.25) is 0 Å². The molecule has 0 aliphatic carbocycles. The molecule has 1 amide bonds. The van der Waals surface area contributed by atoms with E-state index in [1.807, 2.05) is 37.5 Å². The van der Waals surface area contributed by atoms with E-state index in [9.17, 15) is 4.79 Å². The van der Waals surface area contributed by atoms with Crippen molar-refractivity contribution >= 4 is 5.91 Å². The molecule has 0 unspecified atom stereocenters. The van der Waals surface area contributed by atoms with Crippen molar-refractivity contribution < 1.29 is 9.53 Å². The summed E-state index contributed by atoms with van der Waals surface area (Å²) in [6.45, 7) is 0. The summed E-state index contributed by atoms with van der Waals surface area (Å²) in [5.74, 6) is 7.42. The van der Waals surface area contributed by atoms with Gasteiger partial charge in [-0.15, -0.1) is 0 Å². The fourth-order valence-corrected chi connectivity index (χ4v) is 2.29. The Morgan fingerprint density at radius 2 is 2.00 bits per heavy atom. The van der Waals surface area contributed by atoms with Gasteiger partial charge in [0.1, 0.15) is 5.75 Å². The Bertz CT molecular complexity index is 575. The number of hydrogen-bond donors (Lipinski definition) is 0. The Labute approximate surface area is 126 Å². The van der Waals surface area contributed by atoms with Crippen LogP contribution in [0.4, 0.5) is 0 Å². The number of methoxy groups -OCH3 is 1. The number of ether oxygens (including phenoxy) is 1. The predicted octanol–water partition coefficient (Wildman–Crippen LogP) is 3.35. The maximum atomic E-state index is 11.4. The summed E-state index contributed by atoms with van der Waals surface area (Å²) in [5, 5.41) is 0. The molecule has 0 bridgehead atoms. The van der Waals surface area contributed by atoms with E-state index in [0.717, 1.165) is 37.0 Å². The fraction of sp³-hybridized carbons (Fsp3) is 0.389. The number of carbonyl (C=O) groups excluding carboxylic acids is 1. The topological polar surface area (TPSA) is 29.5 Å². The lowest BCUT2D eigenvalue weighted by Crippen LogP contribution is -2.24. The van der Waals surface area contributed by atoms with Crippen LogP contribution in [0.25, 0.3) is 0 Å². The Hall–Kier alpha value is -2.21. The number of amides is 1. The number of hydrogen-bond acceptors (Lipinski definition) is 2. The quantitative estimate of drug-likeness (QED) is 0.626. The summed E-state index contributed by atoms with van der Waals surface area (Å²) in [5.41, 5.74) is 2.36. The minimum atomic E-state index is 0.207. The van der Waals surface area contributed by atoms with Crippen molar-refractivity contribution in [3.8, 4) is 17.6 Å². The van der Waals surface area contributed by atoms with Gasteiger partial charge in [-0.25, -0.2) is 0 Å². The molecular weight excluding hydrogens is 262 g/mol. The highest BCUT2D eigenvalue weighted by Gasteiger charge is 2.14. The van der Waals surface area contributed by atoms with E-state index in [0.29, 0.717) is 6.42 Å². The van der Waals surface area contributed by atoms with Gasteiger partial charge in [0.25, 0.3) is 0 Å². The van der Waals surface area contributed by atoms with Crippen LogP contribution in [0, 0.1) is 11.8 Å². The minimum Gasteiger partial charge on any atom is -0.497 e. The SMILES string of the molecule is COc1ccc(C#CCCCC2=CN(C)C(=O)CC2)cc1. The first-order valence-corrected chi connectivity index (χ1v) is 7.27. The van der Waals surface area contributed by atoms with E-state index in [1.165, 1.54) is 5.57 Å². The number of unbranched alkanes of at least 4 members (excludes halogenated alkanes) is 1. The minimum absolute atomic E-state index is 0.207. The van der Waals surface area contributed by atoms with Crippen LogP contribution in [-0.4, -0.2) is 25.0 Å². The van der Waals surface area contributed by atoms with Crippen LogP contribution >= 0.6 is 0 Å². The highest BCUT2D eigenvalue weighted by Crippen LogP contribution is 2.19. The van der Waals surface area contributed by atoms with Gasteiger partial charge in [0.05, 0.1) is 7.11 Å². The Morgan fingerprint density at radius 1 is 1.24 bits per heavy atom. The van der Waals surface area contributed by atoms with E-state index < -0.39 is 0 Å². The summed E-state index contributed by atoms with van der Waals surface area (Å²) < 4.78 is 5.11. The van der Waals surface area contributed by atoms with Crippen molar-refractivity contribution in [2.45, 2.75) is 32.1 Å². The molecule has 0 aromatic heterocycles. The average Bonchev–Trinajstić information content (AvgIpc) is 2.51. The van der Waals surface area contributed by atoms with Gasteiger partial charge >= 0.3 is 0 Å². The van der Waals surface area contributed by atoms with Crippen LogP contribution in [0.15, 0.2) is 36.0 Å². The van der Waals surface area contributed by atoms with Gasteiger partial charge < -0.3 is 9.64 Å². The van der Waals surface area contributed by atoms with Gasteiger partial charge in [-0.2, -0.15) is 0 Å². The van der Waals surface area contributed by atoms with Crippen molar-refractivity contribution in [1.82, 2.24) is 4.90 Å². The number of allylic oxidation sites excluding steroid dienone is 1. The van der Waals surface area contributed by atoms with Crippen LogP contribution in [-0.2, 0) is 4.79 Å². The molecule has 0 atom stereocenters. The second-order valence-electron chi connectivity index (χ2n) is 5.18. The molecule has 1 aromatic rings. The van der Waals surface area contributed by atoms with Gasteiger partial charge in [-0.1, -0.05) is 17.4 Å². The standard InChI is InChI=1S/C18H21NO2/c1-19-14-16(10-13-18(19)20)7-5-3-4-6-15-8-11-17(21-2)12-9-15/h8-9,11-12,14H,3,5,7,10,13H2,1-2H3. The highest BCUT2D eigenvalue weighted by atomic mass is 16.5. The lowest BCUT2D eigenvalue weighted by atomic mass is 10.0. The van der Waals surface area contributed by atoms with Crippen molar-refractivity contribution in [1.29, 1.82) is 0 Å². The molecule has 0 spiro atoms. The Kier molecular flexibility index (Phi) is 5.45. The summed E-state index contributed by atoms with van der Waals surface area (Å²) in [6, 6.07) is 7.78. The zero-order valence-corrected chi connectivity index (χ0v) is 12.7.